The smallest absolute Gasteiger partial charge is 0.225 e. The first kappa shape index (κ1) is 14.1. The largest absolute Gasteiger partial charge is 0.354 e. The van der Waals surface area contributed by atoms with E-state index in [9.17, 15) is 0 Å². The maximum atomic E-state index is 4.80. The van der Waals surface area contributed by atoms with E-state index in [1.165, 1.54) is 12.8 Å². The number of nitrogens with one attached hydrogen (secondary N) is 1. The second kappa shape index (κ2) is 5.88. The second-order valence-corrected chi connectivity index (χ2v) is 6.11. The van der Waals surface area contributed by atoms with Gasteiger partial charge in [-0.05, 0) is 51.7 Å². The highest BCUT2D eigenvalue weighted by atomic mass is 15.2. The Labute approximate surface area is 126 Å². The average molecular weight is 284 g/mol. The van der Waals surface area contributed by atoms with Crippen LogP contribution in [0.5, 0.6) is 0 Å². The topological polar surface area (TPSA) is 41.1 Å². The molecular formula is C17H24N4. The van der Waals surface area contributed by atoms with Crippen molar-refractivity contribution in [3.8, 4) is 0 Å². The molecule has 1 saturated carbocycles. The molecule has 0 amide bonds. The van der Waals surface area contributed by atoms with E-state index >= 15 is 0 Å². The number of hydrogen-bond acceptors (Lipinski definition) is 4. The Bertz CT molecular complexity index is 619. The molecule has 1 aliphatic carbocycles. The summed E-state index contributed by atoms with van der Waals surface area (Å²) in [6.45, 7) is 8.49. The van der Waals surface area contributed by atoms with Crippen LogP contribution in [-0.2, 0) is 0 Å². The predicted molar refractivity (Wildman–Crippen MR) is 88.9 cm³/mol. The Hall–Kier alpha value is -1.84. The molecule has 0 unspecified atom stereocenters. The minimum Gasteiger partial charge on any atom is -0.354 e. The van der Waals surface area contributed by atoms with Crippen molar-refractivity contribution < 1.29 is 0 Å². The van der Waals surface area contributed by atoms with E-state index in [0.29, 0.717) is 6.04 Å². The number of nitrogens with zero attached hydrogens (tertiary/aromatic N) is 3. The molecule has 0 radical (unpaired) electrons. The average Bonchev–Trinajstić information content (AvgIpc) is 3.28. The Morgan fingerprint density at radius 2 is 2.00 bits per heavy atom. The minimum absolute atomic E-state index is 0.443. The number of para-hydroxylation sites is 1. The Morgan fingerprint density at radius 1 is 1.24 bits per heavy atom. The van der Waals surface area contributed by atoms with Crippen LogP contribution in [0.1, 0.15) is 33.6 Å². The summed E-state index contributed by atoms with van der Waals surface area (Å²) in [4.78, 5) is 11.8. The summed E-state index contributed by atoms with van der Waals surface area (Å²) in [5.41, 5.74) is 1.01. The van der Waals surface area contributed by atoms with Gasteiger partial charge < -0.3 is 10.2 Å². The Morgan fingerprint density at radius 3 is 2.67 bits per heavy atom. The van der Waals surface area contributed by atoms with Crippen LogP contribution in [0.2, 0.25) is 0 Å². The molecular weight excluding hydrogens is 260 g/mol. The van der Waals surface area contributed by atoms with Crippen molar-refractivity contribution in [2.45, 2.75) is 39.7 Å². The van der Waals surface area contributed by atoms with Crippen LogP contribution >= 0.6 is 0 Å². The molecule has 4 nitrogen and oxygen atoms in total. The van der Waals surface area contributed by atoms with Crippen LogP contribution in [0.4, 0.5) is 11.8 Å². The molecule has 0 atom stereocenters. The molecule has 4 heteroatoms. The number of aromatic nitrogens is 2. The molecule has 0 bridgehead atoms. The fourth-order valence-corrected chi connectivity index (χ4v) is 2.64. The molecule has 3 rings (SSSR count). The van der Waals surface area contributed by atoms with E-state index < -0.39 is 0 Å². The quantitative estimate of drug-likeness (QED) is 0.878. The third kappa shape index (κ3) is 3.09. The summed E-state index contributed by atoms with van der Waals surface area (Å²) in [6.07, 6.45) is 2.71. The number of fused-ring (bicyclic) bond motifs is 1. The van der Waals surface area contributed by atoms with Crippen molar-refractivity contribution in [3.63, 3.8) is 0 Å². The second-order valence-electron chi connectivity index (χ2n) is 6.11. The van der Waals surface area contributed by atoms with Crippen molar-refractivity contribution in [1.29, 1.82) is 0 Å². The van der Waals surface area contributed by atoms with Gasteiger partial charge in [-0.15, -0.1) is 0 Å². The van der Waals surface area contributed by atoms with E-state index in [1.54, 1.807) is 0 Å². The molecule has 1 heterocycles. The van der Waals surface area contributed by atoms with E-state index in [2.05, 4.69) is 54.2 Å². The number of rotatable bonds is 6. The summed E-state index contributed by atoms with van der Waals surface area (Å²) in [7, 11) is 0. The van der Waals surface area contributed by atoms with Gasteiger partial charge in [0.15, 0.2) is 0 Å². The summed E-state index contributed by atoms with van der Waals surface area (Å²) in [6, 6.07) is 8.74. The van der Waals surface area contributed by atoms with Gasteiger partial charge in [-0.25, -0.2) is 4.98 Å². The zero-order valence-electron chi connectivity index (χ0n) is 13.1. The van der Waals surface area contributed by atoms with Gasteiger partial charge in [0.1, 0.15) is 5.82 Å². The Balaban J connectivity index is 2.08. The molecule has 1 aromatic carbocycles. The molecule has 0 spiro atoms. The Kier molecular flexibility index (Phi) is 3.95. The van der Waals surface area contributed by atoms with Crippen LogP contribution in [0.15, 0.2) is 24.3 Å². The van der Waals surface area contributed by atoms with Gasteiger partial charge >= 0.3 is 0 Å². The van der Waals surface area contributed by atoms with E-state index in [-0.39, 0.29) is 0 Å². The van der Waals surface area contributed by atoms with Gasteiger partial charge in [-0.2, -0.15) is 4.98 Å². The van der Waals surface area contributed by atoms with Crippen molar-refractivity contribution in [3.05, 3.63) is 24.3 Å². The lowest BCUT2D eigenvalue weighted by Gasteiger charge is -2.29. The maximum Gasteiger partial charge on any atom is 0.225 e. The number of anilines is 2. The SMILES string of the molecule is CCNc1nc(N(CC2CC2)C(C)C)c2ccccc2n1. The molecule has 0 saturated heterocycles. The fourth-order valence-electron chi connectivity index (χ4n) is 2.64. The molecule has 1 N–H and O–H groups in total. The minimum atomic E-state index is 0.443. The van der Waals surface area contributed by atoms with Crippen LogP contribution in [0, 0.1) is 5.92 Å². The highest BCUT2D eigenvalue weighted by Gasteiger charge is 2.27. The van der Waals surface area contributed by atoms with Crippen LogP contribution in [0.25, 0.3) is 10.9 Å². The van der Waals surface area contributed by atoms with Gasteiger partial charge in [-0.1, -0.05) is 12.1 Å². The molecule has 2 aromatic rings. The molecule has 1 aromatic heterocycles. The first-order valence-electron chi connectivity index (χ1n) is 7.96. The molecule has 1 fully saturated rings. The zero-order chi connectivity index (χ0) is 14.8. The fraction of sp³-hybridized carbons (Fsp3) is 0.529. The normalized spacial score (nSPS) is 14.7. The monoisotopic (exact) mass is 284 g/mol. The van der Waals surface area contributed by atoms with Crippen molar-refractivity contribution >= 4 is 22.7 Å². The van der Waals surface area contributed by atoms with Gasteiger partial charge in [0.2, 0.25) is 5.95 Å². The number of benzene rings is 1. The molecule has 21 heavy (non-hydrogen) atoms. The highest BCUT2D eigenvalue weighted by Crippen LogP contribution is 2.34. The molecule has 1 aliphatic rings. The standard InChI is InChI=1S/C17H24N4/c1-4-18-17-19-15-8-6-5-7-14(15)16(20-17)21(12(2)3)11-13-9-10-13/h5-8,12-13H,4,9-11H2,1-3H3,(H,18,19,20). The lowest BCUT2D eigenvalue weighted by Crippen LogP contribution is -2.34. The van der Waals surface area contributed by atoms with Gasteiger partial charge in [0.05, 0.1) is 5.52 Å². The first-order valence-corrected chi connectivity index (χ1v) is 7.96. The summed E-state index contributed by atoms with van der Waals surface area (Å²) in [5, 5.41) is 4.40. The molecule has 112 valence electrons. The summed E-state index contributed by atoms with van der Waals surface area (Å²) >= 11 is 0. The van der Waals surface area contributed by atoms with E-state index in [4.69, 9.17) is 4.98 Å². The summed E-state index contributed by atoms with van der Waals surface area (Å²) in [5.74, 6) is 2.63. The lowest BCUT2D eigenvalue weighted by atomic mass is 10.2. The van der Waals surface area contributed by atoms with Gasteiger partial charge in [-0.3, -0.25) is 0 Å². The van der Waals surface area contributed by atoms with Crippen molar-refractivity contribution in [1.82, 2.24) is 9.97 Å². The maximum absolute atomic E-state index is 4.80. The van der Waals surface area contributed by atoms with Gasteiger partial charge in [0.25, 0.3) is 0 Å². The van der Waals surface area contributed by atoms with Crippen molar-refractivity contribution in [2.75, 3.05) is 23.3 Å². The third-order valence-corrected chi connectivity index (χ3v) is 3.97. The van der Waals surface area contributed by atoms with E-state index in [1.807, 2.05) is 6.07 Å². The number of hydrogen-bond donors (Lipinski definition) is 1. The lowest BCUT2D eigenvalue weighted by molar-refractivity contribution is 0.639. The third-order valence-electron chi connectivity index (χ3n) is 3.97. The predicted octanol–water partition coefficient (Wildman–Crippen LogP) is 3.69. The van der Waals surface area contributed by atoms with E-state index in [0.717, 1.165) is 41.7 Å². The highest BCUT2D eigenvalue weighted by molar-refractivity contribution is 5.90. The van der Waals surface area contributed by atoms with Crippen molar-refractivity contribution in [2.24, 2.45) is 5.92 Å². The van der Waals surface area contributed by atoms with Crippen LogP contribution in [0.3, 0.4) is 0 Å². The van der Waals surface area contributed by atoms with Crippen LogP contribution < -0.4 is 10.2 Å². The van der Waals surface area contributed by atoms with Crippen LogP contribution in [-0.4, -0.2) is 29.1 Å². The first-order chi connectivity index (χ1) is 10.2. The summed E-state index contributed by atoms with van der Waals surface area (Å²) < 4.78 is 0. The molecule has 0 aliphatic heterocycles. The zero-order valence-corrected chi connectivity index (χ0v) is 13.1. The van der Waals surface area contributed by atoms with Gasteiger partial charge in [0, 0.05) is 24.5 Å².